The first-order valence-corrected chi connectivity index (χ1v) is 8.91. The molecule has 0 aromatic carbocycles. The molecule has 3 aromatic rings. The molecule has 1 aliphatic rings. The summed E-state index contributed by atoms with van der Waals surface area (Å²) in [4.78, 5) is 9.73. The normalized spacial score (nSPS) is 19.9. The van der Waals surface area contributed by atoms with Gasteiger partial charge in [0, 0.05) is 16.8 Å². The van der Waals surface area contributed by atoms with Crippen LogP contribution in [0.15, 0.2) is 21.9 Å². The van der Waals surface area contributed by atoms with Crippen LogP contribution < -0.4 is 11.1 Å². The number of aromatic nitrogens is 2. The highest BCUT2D eigenvalue weighted by Gasteiger charge is 2.35. The van der Waals surface area contributed by atoms with E-state index in [2.05, 4.69) is 21.2 Å². The van der Waals surface area contributed by atoms with Gasteiger partial charge in [-0.25, -0.2) is 4.98 Å². The number of furan rings is 1. The lowest BCUT2D eigenvalue weighted by Crippen LogP contribution is -2.37. The molecule has 0 spiro atoms. The second-order valence-corrected chi connectivity index (χ2v) is 7.16. The van der Waals surface area contributed by atoms with Crippen LogP contribution in [0.1, 0.15) is 35.0 Å². The van der Waals surface area contributed by atoms with Crippen molar-refractivity contribution in [2.75, 3.05) is 5.32 Å². The minimum atomic E-state index is 0.0728. The maximum atomic E-state index is 6.09. The molecule has 0 saturated heterocycles. The Labute approximate surface area is 148 Å². The van der Waals surface area contributed by atoms with Crippen molar-refractivity contribution >= 4 is 39.9 Å². The molecule has 0 amide bonds. The molecule has 5 nitrogen and oxygen atoms in total. The Balaban J connectivity index is 1.78. The second kappa shape index (κ2) is 6.10. The van der Waals surface area contributed by atoms with Gasteiger partial charge in [-0.1, -0.05) is 12.0 Å². The molecule has 3 aromatic heterocycles. The number of rotatable bonds is 4. The topological polar surface area (TPSA) is 77.0 Å². The fourth-order valence-electron chi connectivity index (χ4n) is 2.92. The van der Waals surface area contributed by atoms with Gasteiger partial charge in [-0.2, -0.15) is 4.98 Å². The average molecular weight is 359 g/mol. The van der Waals surface area contributed by atoms with Gasteiger partial charge in [0.25, 0.3) is 0 Å². The third-order valence-electron chi connectivity index (χ3n) is 4.35. The van der Waals surface area contributed by atoms with Gasteiger partial charge in [0.1, 0.15) is 11.3 Å². The molecule has 1 saturated carbocycles. The van der Waals surface area contributed by atoms with Crippen molar-refractivity contribution in [1.82, 2.24) is 9.97 Å². The molecular formula is C17H15ClN4OS. The summed E-state index contributed by atoms with van der Waals surface area (Å²) in [6, 6.07) is 4.12. The number of hydrogen-bond acceptors (Lipinski definition) is 6. The molecule has 7 heteroatoms. The fraction of sp³-hybridized carbons (Fsp3) is 0.294. The van der Waals surface area contributed by atoms with Gasteiger partial charge in [0.05, 0.1) is 12.1 Å². The molecule has 0 bridgehead atoms. The maximum absolute atomic E-state index is 6.09. The highest BCUT2D eigenvalue weighted by atomic mass is 35.5. The Hall–Kier alpha value is -2.07. The zero-order valence-electron chi connectivity index (χ0n) is 12.8. The molecule has 122 valence electrons. The van der Waals surface area contributed by atoms with E-state index in [4.69, 9.17) is 28.2 Å². The van der Waals surface area contributed by atoms with Crippen molar-refractivity contribution in [3.05, 3.63) is 39.0 Å². The first-order valence-electron chi connectivity index (χ1n) is 7.65. The van der Waals surface area contributed by atoms with Crippen LogP contribution in [0, 0.1) is 12.3 Å². The van der Waals surface area contributed by atoms with Crippen LogP contribution in [0.3, 0.4) is 0 Å². The van der Waals surface area contributed by atoms with Crippen LogP contribution >= 0.6 is 22.9 Å². The predicted octanol–water partition coefficient (Wildman–Crippen LogP) is 3.74. The fourth-order valence-corrected chi connectivity index (χ4v) is 3.74. The van der Waals surface area contributed by atoms with E-state index in [0.717, 1.165) is 18.6 Å². The van der Waals surface area contributed by atoms with Crippen LogP contribution in [-0.4, -0.2) is 16.0 Å². The Morgan fingerprint density at radius 3 is 2.96 bits per heavy atom. The van der Waals surface area contributed by atoms with Crippen molar-refractivity contribution in [2.45, 2.75) is 31.3 Å². The highest BCUT2D eigenvalue weighted by Crippen LogP contribution is 2.41. The summed E-state index contributed by atoms with van der Waals surface area (Å²) in [6.07, 6.45) is 7.64. The SMILES string of the molecule is C#Cc1c([C@H]2CCC2N)oc2c(NCc3cccs3)nc(Cl)nc12. The lowest BCUT2D eigenvalue weighted by molar-refractivity contribution is 0.302. The number of terminal acetylenes is 1. The summed E-state index contributed by atoms with van der Waals surface area (Å²) in [6.45, 7) is 0.629. The van der Waals surface area contributed by atoms with Gasteiger partial charge in [-0.15, -0.1) is 17.8 Å². The number of fused-ring (bicyclic) bond motifs is 1. The van der Waals surface area contributed by atoms with E-state index >= 15 is 0 Å². The van der Waals surface area contributed by atoms with Gasteiger partial charge in [0.15, 0.2) is 11.4 Å². The zero-order chi connectivity index (χ0) is 16.7. The van der Waals surface area contributed by atoms with E-state index in [1.807, 2.05) is 17.5 Å². The zero-order valence-corrected chi connectivity index (χ0v) is 14.3. The number of thiophene rings is 1. The number of nitrogens with one attached hydrogen (secondary N) is 1. The number of nitrogens with zero attached hydrogens (tertiary/aromatic N) is 2. The molecule has 0 aliphatic heterocycles. The summed E-state index contributed by atoms with van der Waals surface area (Å²) in [5.41, 5.74) is 7.83. The number of nitrogens with two attached hydrogens (primary N) is 1. The van der Waals surface area contributed by atoms with Crippen molar-refractivity contribution in [3.63, 3.8) is 0 Å². The van der Waals surface area contributed by atoms with Crippen LogP contribution in [0.2, 0.25) is 5.28 Å². The third-order valence-corrected chi connectivity index (χ3v) is 5.40. The Kier molecular flexibility index (Phi) is 3.93. The number of anilines is 1. The first kappa shape index (κ1) is 15.5. The molecule has 3 N–H and O–H groups in total. The van der Waals surface area contributed by atoms with E-state index in [0.29, 0.717) is 29.0 Å². The van der Waals surface area contributed by atoms with Gasteiger partial charge >= 0.3 is 0 Å². The van der Waals surface area contributed by atoms with Crippen molar-refractivity contribution in [3.8, 4) is 12.3 Å². The lowest BCUT2D eigenvalue weighted by Gasteiger charge is -2.31. The first-order chi connectivity index (χ1) is 11.7. The Bertz CT molecular complexity index is 928. The Morgan fingerprint density at radius 2 is 2.33 bits per heavy atom. The summed E-state index contributed by atoms with van der Waals surface area (Å²) < 4.78 is 6.06. The average Bonchev–Trinajstić information content (AvgIpc) is 3.18. The van der Waals surface area contributed by atoms with E-state index in [-0.39, 0.29) is 17.2 Å². The number of hydrogen-bond donors (Lipinski definition) is 2. The van der Waals surface area contributed by atoms with Gasteiger partial charge < -0.3 is 15.5 Å². The molecule has 1 fully saturated rings. The molecule has 2 atom stereocenters. The van der Waals surface area contributed by atoms with Gasteiger partial charge in [-0.3, -0.25) is 0 Å². The van der Waals surface area contributed by atoms with Crippen molar-refractivity contribution in [2.24, 2.45) is 5.73 Å². The predicted molar refractivity (Wildman–Crippen MR) is 96.3 cm³/mol. The Morgan fingerprint density at radius 1 is 1.46 bits per heavy atom. The molecule has 1 aliphatic carbocycles. The summed E-state index contributed by atoms with van der Waals surface area (Å²) >= 11 is 7.75. The van der Waals surface area contributed by atoms with E-state index in [1.165, 1.54) is 4.88 Å². The minimum Gasteiger partial charge on any atom is -0.454 e. The molecule has 4 rings (SSSR count). The summed E-state index contributed by atoms with van der Waals surface area (Å²) in [7, 11) is 0. The minimum absolute atomic E-state index is 0.0728. The van der Waals surface area contributed by atoms with Gasteiger partial charge in [0.2, 0.25) is 5.28 Å². The van der Waals surface area contributed by atoms with Crippen LogP contribution in [0.5, 0.6) is 0 Å². The quantitative estimate of drug-likeness (QED) is 0.549. The molecule has 0 radical (unpaired) electrons. The lowest BCUT2D eigenvalue weighted by atomic mass is 9.77. The van der Waals surface area contributed by atoms with E-state index in [9.17, 15) is 0 Å². The van der Waals surface area contributed by atoms with Crippen molar-refractivity contribution < 1.29 is 4.42 Å². The molecule has 24 heavy (non-hydrogen) atoms. The largest absolute Gasteiger partial charge is 0.454 e. The van der Waals surface area contributed by atoms with Crippen LogP contribution in [0.4, 0.5) is 5.82 Å². The smallest absolute Gasteiger partial charge is 0.225 e. The van der Waals surface area contributed by atoms with Crippen LogP contribution in [-0.2, 0) is 6.54 Å². The summed E-state index contributed by atoms with van der Waals surface area (Å²) in [5.74, 6) is 4.10. The monoisotopic (exact) mass is 358 g/mol. The standard InChI is InChI=1S/C17H15ClN4OS/c1-2-10-13-15(23-14(10)11-5-6-12(11)19)16(22-17(18)21-13)20-8-9-4-3-7-24-9/h1,3-4,7,11-12H,5-6,8,19H2,(H,20,21,22)/t11-,12?/m0/s1. The van der Waals surface area contributed by atoms with Crippen LogP contribution in [0.25, 0.3) is 11.1 Å². The van der Waals surface area contributed by atoms with Crippen molar-refractivity contribution in [1.29, 1.82) is 0 Å². The molecule has 3 heterocycles. The highest BCUT2D eigenvalue weighted by molar-refractivity contribution is 7.09. The van der Waals surface area contributed by atoms with Gasteiger partial charge in [-0.05, 0) is 35.9 Å². The number of halogens is 1. The van der Waals surface area contributed by atoms with E-state index < -0.39 is 0 Å². The molecular weight excluding hydrogens is 344 g/mol. The molecule has 1 unspecified atom stereocenters. The van der Waals surface area contributed by atoms with E-state index in [1.54, 1.807) is 11.3 Å². The summed E-state index contributed by atoms with van der Waals surface area (Å²) in [5, 5.41) is 5.43. The maximum Gasteiger partial charge on any atom is 0.225 e. The third kappa shape index (κ3) is 2.55. The second-order valence-electron chi connectivity index (χ2n) is 5.79.